The molecule has 6 nitrogen and oxygen atoms in total. The molecule has 0 spiro atoms. The summed E-state index contributed by atoms with van der Waals surface area (Å²) in [5.41, 5.74) is 1.03. The average Bonchev–Trinajstić information content (AvgIpc) is 2.77. The second-order valence-electron chi connectivity index (χ2n) is 6.73. The van der Waals surface area contributed by atoms with E-state index in [1.54, 1.807) is 13.1 Å². The summed E-state index contributed by atoms with van der Waals surface area (Å²) in [7, 11) is 0. The van der Waals surface area contributed by atoms with Gasteiger partial charge in [0, 0.05) is 34.4 Å². The molecule has 5 atom stereocenters. The summed E-state index contributed by atoms with van der Waals surface area (Å²) < 4.78 is 0. The van der Waals surface area contributed by atoms with Crippen LogP contribution in [0.2, 0.25) is 0 Å². The van der Waals surface area contributed by atoms with E-state index in [4.69, 9.17) is 0 Å². The van der Waals surface area contributed by atoms with Crippen LogP contribution in [-0.4, -0.2) is 49.4 Å². The first-order valence-electron chi connectivity index (χ1n) is 8.38. The highest BCUT2D eigenvalue weighted by Crippen LogP contribution is 2.51. The molecule has 2 N–H and O–H groups in total. The minimum Gasteiger partial charge on any atom is -0.477 e. The van der Waals surface area contributed by atoms with Gasteiger partial charge in [-0.25, -0.2) is 4.79 Å². The van der Waals surface area contributed by atoms with Crippen LogP contribution >= 0.6 is 11.8 Å². The zero-order chi connectivity index (χ0) is 18.3. The molecule has 3 heterocycles. The van der Waals surface area contributed by atoms with E-state index in [-0.39, 0.29) is 28.8 Å². The number of β-lactam (4-membered cyclic amide) rings is 1. The van der Waals surface area contributed by atoms with Crippen LogP contribution in [0.4, 0.5) is 0 Å². The minimum absolute atomic E-state index is 0.0808. The molecule has 0 radical (unpaired) electrons. The van der Waals surface area contributed by atoms with Gasteiger partial charge in [-0.2, -0.15) is 0 Å². The van der Waals surface area contributed by atoms with E-state index in [1.807, 2.05) is 32.0 Å². The number of aliphatic carboxylic acids is 1. The fourth-order valence-electron chi connectivity index (χ4n) is 3.75. The number of aromatic nitrogens is 1. The van der Waals surface area contributed by atoms with Crippen molar-refractivity contribution in [1.82, 2.24) is 9.88 Å². The van der Waals surface area contributed by atoms with E-state index in [9.17, 15) is 19.8 Å². The number of hydrogen-bond acceptors (Lipinski definition) is 5. The van der Waals surface area contributed by atoms with Gasteiger partial charge in [0.05, 0.1) is 18.1 Å². The van der Waals surface area contributed by atoms with Crippen molar-refractivity contribution >= 4 is 23.6 Å². The summed E-state index contributed by atoms with van der Waals surface area (Å²) in [5, 5.41) is 19.6. The molecule has 0 aliphatic carbocycles. The summed E-state index contributed by atoms with van der Waals surface area (Å²) in [5.74, 6) is -2.00. The van der Waals surface area contributed by atoms with Gasteiger partial charge in [-0.15, -0.1) is 11.8 Å². The first-order valence-corrected chi connectivity index (χ1v) is 9.26. The number of aliphatic hydroxyl groups is 1. The number of carbonyl (C=O) groups excluding carboxylic acids is 1. The molecule has 0 aromatic carbocycles. The van der Waals surface area contributed by atoms with Crippen molar-refractivity contribution in [2.24, 2.45) is 11.8 Å². The zero-order valence-electron chi connectivity index (χ0n) is 14.4. The molecule has 1 fully saturated rings. The molecule has 1 unspecified atom stereocenters. The molecular formula is C18H22N2O4S. The number of nitrogens with zero attached hydrogens (tertiary/aromatic N) is 2. The van der Waals surface area contributed by atoms with Crippen LogP contribution in [0.15, 0.2) is 35.0 Å². The SMILES string of the molecule is CC(Cc1ccccn1)SC1=C(C(=O)O)N2C(=O)[C@H]([C@@H](C)O)[C@H]2[C@H]1C. The Bertz CT molecular complexity index is 719. The van der Waals surface area contributed by atoms with Gasteiger partial charge in [0.2, 0.25) is 5.91 Å². The number of carbonyl (C=O) groups is 2. The maximum atomic E-state index is 12.3. The third-order valence-corrected chi connectivity index (χ3v) is 6.25. The molecule has 1 saturated heterocycles. The average molecular weight is 362 g/mol. The number of carboxylic acid groups (broad SMARTS) is 1. The summed E-state index contributed by atoms with van der Waals surface area (Å²) in [6.07, 6.45) is 1.68. The lowest BCUT2D eigenvalue weighted by atomic mass is 9.79. The van der Waals surface area contributed by atoms with E-state index in [1.165, 1.54) is 16.7 Å². The Morgan fingerprint density at radius 1 is 1.40 bits per heavy atom. The van der Waals surface area contributed by atoms with E-state index < -0.39 is 18.0 Å². The lowest BCUT2D eigenvalue weighted by Crippen LogP contribution is -2.63. The number of thioether (sulfide) groups is 1. The highest BCUT2D eigenvalue weighted by molar-refractivity contribution is 8.03. The summed E-state index contributed by atoms with van der Waals surface area (Å²) in [6, 6.07) is 5.47. The molecule has 0 bridgehead atoms. The van der Waals surface area contributed by atoms with Gasteiger partial charge in [0.15, 0.2) is 0 Å². The number of rotatable bonds is 6. The lowest BCUT2D eigenvalue weighted by molar-refractivity contribution is -0.163. The second-order valence-corrected chi connectivity index (χ2v) is 8.21. The standard InChI is InChI=1S/C18H22N2O4S/c1-9(8-12-6-4-5-7-19-12)25-16-10(2)14-13(11(3)21)17(22)20(14)15(16)18(23)24/h4-7,9-11,13-14,21H,8H2,1-3H3,(H,23,24)/t9?,10-,11-,13-,14-/m1/s1. The van der Waals surface area contributed by atoms with Crippen LogP contribution in [0, 0.1) is 11.8 Å². The van der Waals surface area contributed by atoms with Crippen LogP contribution in [0.1, 0.15) is 26.5 Å². The van der Waals surface area contributed by atoms with Crippen LogP contribution in [-0.2, 0) is 16.0 Å². The zero-order valence-corrected chi connectivity index (χ0v) is 15.2. The predicted octanol–water partition coefficient (Wildman–Crippen LogP) is 1.90. The molecule has 7 heteroatoms. The number of aliphatic hydroxyl groups excluding tert-OH is 1. The molecule has 25 heavy (non-hydrogen) atoms. The summed E-state index contributed by atoms with van der Waals surface area (Å²) in [6.45, 7) is 5.55. The van der Waals surface area contributed by atoms with Gasteiger partial charge in [-0.05, 0) is 19.1 Å². The molecule has 1 aromatic rings. The van der Waals surface area contributed by atoms with E-state index >= 15 is 0 Å². The van der Waals surface area contributed by atoms with Crippen molar-refractivity contribution in [3.8, 4) is 0 Å². The molecule has 3 rings (SSSR count). The maximum Gasteiger partial charge on any atom is 0.353 e. The summed E-state index contributed by atoms with van der Waals surface area (Å²) >= 11 is 1.49. The Labute approximate surface area is 150 Å². The van der Waals surface area contributed by atoms with Gasteiger partial charge >= 0.3 is 5.97 Å². The maximum absolute atomic E-state index is 12.3. The third kappa shape index (κ3) is 3.06. The molecule has 1 aromatic heterocycles. The van der Waals surface area contributed by atoms with Crippen molar-refractivity contribution in [3.05, 3.63) is 40.7 Å². The Morgan fingerprint density at radius 2 is 2.12 bits per heavy atom. The Balaban J connectivity index is 1.82. The van der Waals surface area contributed by atoms with Gasteiger partial charge in [-0.1, -0.05) is 19.9 Å². The van der Waals surface area contributed by atoms with Crippen LogP contribution < -0.4 is 0 Å². The van der Waals surface area contributed by atoms with E-state index in [2.05, 4.69) is 4.98 Å². The smallest absolute Gasteiger partial charge is 0.353 e. The first-order chi connectivity index (χ1) is 11.8. The number of carboxylic acids is 1. The van der Waals surface area contributed by atoms with Gasteiger partial charge in [0.25, 0.3) is 0 Å². The highest BCUT2D eigenvalue weighted by Gasteiger charge is 2.60. The van der Waals surface area contributed by atoms with Crippen molar-refractivity contribution in [1.29, 1.82) is 0 Å². The van der Waals surface area contributed by atoms with Crippen molar-refractivity contribution in [3.63, 3.8) is 0 Å². The predicted molar refractivity (Wildman–Crippen MR) is 94.6 cm³/mol. The Morgan fingerprint density at radius 3 is 2.68 bits per heavy atom. The number of fused-ring (bicyclic) bond motifs is 1. The second kappa shape index (κ2) is 6.80. The van der Waals surface area contributed by atoms with E-state index in [0.717, 1.165) is 10.6 Å². The molecular weight excluding hydrogens is 340 g/mol. The largest absolute Gasteiger partial charge is 0.477 e. The number of hydrogen-bond donors (Lipinski definition) is 2. The monoisotopic (exact) mass is 362 g/mol. The summed E-state index contributed by atoms with van der Waals surface area (Å²) in [4.78, 5) is 30.5. The van der Waals surface area contributed by atoms with Gasteiger partial charge < -0.3 is 15.1 Å². The minimum atomic E-state index is -1.08. The third-order valence-electron chi connectivity index (χ3n) is 4.86. The quantitative estimate of drug-likeness (QED) is 0.751. The van der Waals surface area contributed by atoms with E-state index in [0.29, 0.717) is 6.42 Å². The molecule has 2 aliphatic heterocycles. The van der Waals surface area contributed by atoms with Crippen molar-refractivity contribution in [2.75, 3.05) is 0 Å². The van der Waals surface area contributed by atoms with Crippen molar-refractivity contribution < 1.29 is 19.8 Å². The Hall–Kier alpha value is -1.86. The first kappa shape index (κ1) is 17.9. The topological polar surface area (TPSA) is 90.7 Å². The molecule has 2 aliphatic rings. The van der Waals surface area contributed by atoms with Crippen LogP contribution in [0.25, 0.3) is 0 Å². The molecule has 134 valence electrons. The molecule has 1 amide bonds. The number of pyridine rings is 1. The molecule has 0 saturated carbocycles. The van der Waals surface area contributed by atoms with Gasteiger partial charge in [0.1, 0.15) is 5.70 Å². The van der Waals surface area contributed by atoms with Gasteiger partial charge in [-0.3, -0.25) is 9.78 Å². The number of amides is 1. The lowest BCUT2D eigenvalue weighted by Gasteiger charge is -2.46. The Kier molecular flexibility index (Phi) is 4.88. The van der Waals surface area contributed by atoms with Crippen molar-refractivity contribution in [2.45, 2.75) is 44.6 Å². The fourth-order valence-corrected chi connectivity index (χ4v) is 5.09. The van der Waals surface area contributed by atoms with Crippen LogP contribution in [0.3, 0.4) is 0 Å². The normalized spacial score (nSPS) is 27.8. The fraction of sp³-hybridized carbons (Fsp3) is 0.500. The van der Waals surface area contributed by atoms with Crippen LogP contribution in [0.5, 0.6) is 0 Å². The highest BCUT2D eigenvalue weighted by atomic mass is 32.2.